The van der Waals surface area contributed by atoms with Crippen LogP contribution in [-0.4, -0.2) is 23.9 Å². The van der Waals surface area contributed by atoms with E-state index in [9.17, 15) is 13.8 Å². The van der Waals surface area contributed by atoms with E-state index in [0.717, 1.165) is 31.2 Å². The van der Waals surface area contributed by atoms with Gasteiger partial charge in [-0.15, -0.1) is 0 Å². The van der Waals surface area contributed by atoms with Crippen molar-refractivity contribution in [1.82, 2.24) is 4.57 Å². The number of benzene rings is 1. The van der Waals surface area contributed by atoms with E-state index >= 15 is 0 Å². The van der Waals surface area contributed by atoms with Crippen LogP contribution in [-0.2, 0) is 4.57 Å². The highest BCUT2D eigenvalue weighted by atomic mass is 31.2. The van der Waals surface area contributed by atoms with Gasteiger partial charge in [0.1, 0.15) is 13.0 Å². The van der Waals surface area contributed by atoms with Crippen LogP contribution in [0.4, 0.5) is 10.1 Å². The monoisotopic (exact) mass is 432 g/mol. The van der Waals surface area contributed by atoms with Crippen LogP contribution in [0, 0.1) is 5.82 Å². The van der Waals surface area contributed by atoms with Crippen LogP contribution in [0.3, 0.4) is 0 Å². The quantitative estimate of drug-likeness (QED) is 0.487. The number of hydrogen-bond donors (Lipinski definition) is 1. The molecule has 6 heteroatoms. The number of rotatable bonds is 7. The van der Waals surface area contributed by atoms with Crippen molar-refractivity contribution in [3.05, 3.63) is 45.8 Å². The average molecular weight is 433 g/mol. The van der Waals surface area contributed by atoms with Crippen LogP contribution in [0.25, 0.3) is 17.0 Å². The highest BCUT2D eigenvalue weighted by molar-refractivity contribution is 7.65. The van der Waals surface area contributed by atoms with Gasteiger partial charge in [0.25, 0.3) is 0 Å². The Hall–Kier alpha value is -1.87. The van der Waals surface area contributed by atoms with Gasteiger partial charge in [0.15, 0.2) is 5.43 Å². The summed E-state index contributed by atoms with van der Waals surface area (Å²) < 4.78 is 29.2. The number of halogens is 1. The van der Waals surface area contributed by atoms with Crippen molar-refractivity contribution in [2.75, 3.05) is 18.6 Å². The molecule has 0 spiro atoms. The lowest BCUT2D eigenvalue weighted by Gasteiger charge is -2.25. The van der Waals surface area contributed by atoms with Crippen LogP contribution in [0.1, 0.15) is 70.4 Å². The minimum atomic E-state index is -2.42. The van der Waals surface area contributed by atoms with Gasteiger partial charge in [-0.25, -0.2) is 4.39 Å². The molecule has 1 aliphatic rings. The van der Waals surface area contributed by atoms with Crippen molar-refractivity contribution in [3.63, 3.8) is 0 Å². The maximum Gasteiger partial charge on any atom is 0.196 e. The molecule has 0 aliphatic heterocycles. The Bertz CT molecular complexity index is 1030. The standard InChI is InChI=1S/C24H34FN2O2P/c1-5-19(6-2)27-16-17(12-13-30(3,4)29)24(28)20-14-21(25)22(15-23(20)27)26-18-10-8-7-9-11-18/h12-16,18-19,26H,5-11H2,1-4H3/b13-12+. The summed E-state index contributed by atoms with van der Waals surface area (Å²) >= 11 is 0. The van der Waals surface area contributed by atoms with E-state index in [1.807, 2.05) is 6.20 Å². The molecule has 4 nitrogen and oxygen atoms in total. The molecule has 0 saturated heterocycles. The van der Waals surface area contributed by atoms with Gasteiger partial charge in [-0.2, -0.15) is 0 Å². The zero-order valence-corrected chi connectivity index (χ0v) is 19.5. The van der Waals surface area contributed by atoms with Gasteiger partial charge >= 0.3 is 0 Å². The molecule has 0 atom stereocenters. The van der Waals surface area contributed by atoms with Crippen molar-refractivity contribution < 1.29 is 8.96 Å². The third-order valence-electron chi connectivity index (χ3n) is 6.06. The van der Waals surface area contributed by atoms with Gasteiger partial charge in [0.2, 0.25) is 0 Å². The van der Waals surface area contributed by atoms with Crippen molar-refractivity contribution in [3.8, 4) is 0 Å². The molecule has 1 fully saturated rings. The predicted molar refractivity (Wildman–Crippen MR) is 127 cm³/mol. The molecule has 0 unspecified atom stereocenters. The number of aromatic nitrogens is 1. The molecule has 1 aliphatic carbocycles. The minimum Gasteiger partial charge on any atom is -0.380 e. The SMILES string of the molecule is CCC(CC)n1cc(/C=C/P(C)(C)=O)c(=O)c2cc(F)c(NC3CCCCC3)cc21. The number of nitrogens with zero attached hydrogens (tertiary/aromatic N) is 1. The normalized spacial score (nSPS) is 16.1. The molecule has 1 heterocycles. The number of nitrogens with one attached hydrogen (secondary N) is 1. The highest BCUT2D eigenvalue weighted by Crippen LogP contribution is 2.38. The lowest BCUT2D eigenvalue weighted by atomic mass is 9.95. The molecule has 0 radical (unpaired) electrons. The zero-order valence-electron chi connectivity index (χ0n) is 18.6. The Kier molecular flexibility index (Phi) is 7.23. The Morgan fingerprint density at radius 3 is 2.47 bits per heavy atom. The number of anilines is 1. The molecule has 1 aromatic heterocycles. The minimum absolute atomic E-state index is 0.197. The second kappa shape index (κ2) is 9.51. The number of pyridine rings is 1. The summed E-state index contributed by atoms with van der Waals surface area (Å²) in [6.07, 6.45) is 11.0. The Balaban J connectivity index is 2.16. The Morgan fingerprint density at radius 2 is 1.87 bits per heavy atom. The van der Waals surface area contributed by atoms with E-state index in [0.29, 0.717) is 16.6 Å². The molecular formula is C24H34FN2O2P. The number of hydrogen-bond acceptors (Lipinski definition) is 3. The van der Waals surface area contributed by atoms with Gasteiger partial charge in [-0.3, -0.25) is 4.79 Å². The smallest absolute Gasteiger partial charge is 0.196 e. The molecule has 30 heavy (non-hydrogen) atoms. The first-order valence-corrected chi connectivity index (χ1v) is 13.8. The molecule has 3 rings (SSSR count). The predicted octanol–water partition coefficient (Wildman–Crippen LogP) is 6.84. The van der Waals surface area contributed by atoms with E-state index in [4.69, 9.17) is 0 Å². The van der Waals surface area contributed by atoms with Gasteiger partial charge in [0, 0.05) is 29.2 Å². The molecule has 1 N–H and O–H groups in total. The summed E-state index contributed by atoms with van der Waals surface area (Å²) in [5.41, 5.74) is 1.45. The summed E-state index contributed by atoms with van der Waals surface area (Å²) in [6, 6.07) is 3.65. The number of fused-ring (bicyclic) bond motifs is 1. The van der Waals surface area contributed by atoms with Crippen LogP contribution in [0.15, 0.2) is 28.9 Å². The fraction of sp³-hybridized carbons (Fsp3) is 0.542. The van der Waals surface area contributed by atoms with E-state index in [1.165, 1.54) is 25.3 Å². The fourth-order valence-corrected chi connectivity index (χ4v) is 4.85. The van der Waals surface area contributed by atoms with Gasteiger partial charge in [-0.05, 0) is 63.0 Å². The van der Waals surface area contributed by atoms with Crippen molar-refractivity contribution >= 4 is 29.8 Å². The molecule has 2 aromatic rings. The van der Waals surface area contributed by atoms with Crippen molar-refractivity contribution in [2.24, 2.45) is 0 Å². The summed E-state index contributed by atoms with van der Waals surface area (Å²) in [5, 5.41) is 3.75. The molecule has 0 amide bonds. The molecule has 1 aromatic carbocycles. The summed E-state index contributed by atoms with van der Waals surface area (Å²) in [5.74, 6) is 1.21. The lowest BCUT2D eigenvalue weighted by molar-refractivity contribution is 0.460. The Morgan fingerprint density at radius 1 is 1.20 bits per heavy atom. The van der Waals surface area contributed by atoms with Gasteiger partial charge in [0.05, 0.1) is 11.2 Å². The van der Waals surface area contributed by atoms with E-state index in [2.05, 4.69) is 23.7 Å². The first-order valence-electron chi connectivity index (χ1n) is 11.1. The maximum absolute atomic E-state index is 15.0. The fourth-order valence-electron chi connectivity index (χ4n) is 4.33. The maximum atomic E-state index is 15.0. The lowest BCUT2D eigenvalue weighted by Crippen LogP contribution is -2.23. The largest absolute Gasteiger partial charge is 0.380 e. The summed E-state index contributed by atoms with van der Waals surface area (Å²) in [4.78, 5) is 13.1. The van der Waals surface area contributed by atoms with E-state index in [-0.39, 0.29) is 23.3 Å². The van der Waals surface area contributed by atoms with Crippen molar-refractivity contribution in [1.29, 1.82) is 0 Å². The first kappa shape index (κ1) is 22.8. The van der Waals surface area contributed by atoms with Gasteiger partial charge in [-0.1, -0.05) is 33.1 Å². The Labute approximate surface area is 178 Å². The van der Waals surface area contributed by atoms with Crippen LogP contribution in [0.2, 0.25) is 0 Å². The topological polar surface area (TPSA) is 51.1 Å². The zero-order chi connectivity index (χ0) is 21.9. The second-order valence-corrected chi connectivity index (χ2v) is 12.0. The van der Waals surface area contributed by atoms with E-state index < -0.39 is 7.14 Å². The van der Waals surface area contributed by atoms with Crippen LogP contribution in [0.5, 0.6) is 0 Å². The molecule has 1 saturated carbocycles. The summed E-state index contributed by atoms with van der Waals surface area (Å²) in [6.45, 7) is 7.55. The third-order valence-corrected chi connectivity index (χ3v) is 6.93. The van der Waals surface area contributed by atoms with Crippen LogP contribution < -0.4 is 10.7 Å². The first-order chi connectivity index (χ1) is 14.2. The van der Waals surface area contributed by atoms with Gasteiger partial charge < -0.3 is 14.4 Å². The summed E-state index contributed by atoms with van der Waals surface area (Å²) in [7, 11) is -2.42. The van der Waals surface area contributed by atoms with Crippen molar-refractivity contribution in [2.45, 2.75) is 70.9 Å². The molecule has 164 valence electrons. The van der Waals surface area contributed by atoms with E-state index in [1.54, 1.807) is 31.3 Å². The third kappa shape index (κ3) is 5.24. The van der Waals surface area contributed by atoms with Crippen LogP contribution >= 0.6 is 7.14 Å². The average Bonchev–Trinajstić information content (AvgIpc) is 2.71. The molecular weight excluding hydrogens is 398 g/mol. The second-order valence-electron chi connectivity index (χ2n) is 8.87. The highest BCUT2D eigenvalue weighted by Gasteiger charge is 2.19. The molecule has 0 bridgehead atoms.